The van der Waals surface area contributed by atoms with Crippen LogP contribution in [0.4, 0.5) is 0 Å². The zero-order chi connectivity index (χ0) is 12.4. The van der Waals surface area contributed by atoms with Crippen LogP contribution in [-0.4, -0.2) is 40.9 Å². The highest BCUT2D eigenvalue weighted by Gasteiger charge is 2.26. The Labute approximate surface area is 102 Å². The maximum absolute atomic E-state index is 12.2. The first-order valence-corrected chi connectivity index (χ1v) is 6.00. The average molecular weight is 233 g/mol. The summed E-state index contributed by atoms with van der Waals surface area (Å²) >= 11 is 0. The van der Waals surface area contributed by atoms with E-state index in [4.69, 9.17) is 0 Å². The summed E-state index contributed by atoms with van der Waals surface area (Å²) in [7, 11) is 4.08. The van der Waals surface area contributed by atoms with Gasteiger partial charge in [-0.3, -0.25) is 4.79 Å². The molecule has 17 heavy (non-hydrogen) atoms. The number of allylic oxidation sites excluding steroid dienone is 1. The number of carbonyl (C=O) groups excluding carboxylic acids is 1. The van der Waals surface area contributed by atoms with Crippen molar-refractivity contribution in [1.82, 2.24) is 14.5 Å². The number of ketones is 1. The molecule has 0 saturated heterocycles. The third-order valence-electron chi connectivity index (χ3n) is 3.15. The number of imidazole rings is 1. The molecule has 0 spiro atoms. The predicted octanol–water partition coefficient (Wildman–Crippen LogP) is 1.91. The Morgan fingerprint density at radius 1 is 1.59 bits per heavy atom. The molecule has 1 atom stereocenters. The zero-order valence-electron chi connectivity index (χ0n) is 10.7. The van der Waals surface area contributed by atoms with Crippen molar-refractivity contribution in [1.29, 1.82) is 0 Å². The highest BCUT2D eigenvalue weighted by Crippen LogP contribution is 2.27. The third-order valence-corrected chi connectivity index (χ3v) is 3.15. The molecule has 0 N–H and O–H groups in total. The smallest absolute Gasteiger partial charge is 0.206 e. The van der Waals surface area contributed by atoms with E-state index in [0.29, 0.717) is 6.04 Å². The lowest BCUT2D eigenvalue weighted by Gasteiger charge is -2.23. The van der Waals surface area contributed by atoms with E-state index >= 15 is 0 Å². The van der Waals surface area contributed by atoms with Gasteiger partial charge < -0.3 is 9.47 Å². The van der Waals surface area contributed by atoms with Gasteiger partial charge in [-0.1, -0.05) is 6.08 Å². The lowest BCUT2D eigenvalue weighted by molar-refractivity contribution is 0.100. The maximum Gasteiger partial charge on any atom is 0.206 e. The van der Waals surface area contributed by atoms with Gasteiger partial charge in [0.05, 0.1) is 12.5 Å². The lowest BCUT2D eigenvalue weighted by atomic mass is 9.96. The number of hydrogen-bond acceptors (Lipinski definition) is 3. The van der Waals surface area contributed by atoms with Gasteiger partial charge in [-0.25, -0.2) is 4.98 Å². The molecule has 1 unspecified atom stereocenters. The number of Topliss-reactive ketones (excluding diaryl/α,β-unsaturated/α-hetero) is 1. The van der Waals surface area contributed by atoms with Crippen LogP contribution in [0.1, 0.15) is 36.3 Å². The van der Waals surface area contributed by atoms with E-state index in [9.17, 15) is 4.79 Å². The first-order chi connectivity index (χ1) is 8.09. The molecule has 2 rings (SSSR count). The van der Waals surface area contributed by atoms with Crippen LogP contribution >= 0.6 is 0 Å². The molecule has 1 aliphatic rings. The highest BCUT2D eigenvalue weighted by molar-refractivity contribution is 6.08. The van der Waals surface area contributed by atoms with Crippen LogP contribution in [0.2, 0.25) is 0 Å². The van der Waals surface area contributed by atoms with Crippen LogP contribution < -0.4 is 0 Å². The van der Waals surface area contributed by atoms with Crippen LogP contribution in [-0.2, 0) is 0 Å². The molecule has 0 aromatic carbocycles. The average Bonchev–Trinajstić information content (AvgIpc) is 2.74. The minimum absolute atomic E-state index is 0.138. The fraction of sp³-hybridized carbons (Fsp3) is 0.538. The summed E-state index contributed by atoms with van der Waals surface area (Å²) in [6.07, 6.45) is 7.23. The molecule has 4 heteroatoms. The summed E-state index contributed by atoms with van der Waals surface area (Å²) in [6, 6.07) is 0.329. The number of carbonyl (C=O) groups is 1. The van der Waals surface area contributed by atoms with Gasteiger partial charge in [-0.2, -0.15) is 0 Å². The number of nitrogens with zero attached hydrogens (tertiary/aromatic N) is 3. The van der Waals surface area contributed by atoms with Crippen molar-refractivity contribution in [3.8, 4) is 0 Å². The Kier molecular flexibility index (Phi) is 3.43. The Morgan fingerprint density at radius 2 is 2.35 bits per heavy atom. The van der Waals surface area contributed by atoms with Crippen molar-refractivity contribution in [3.63, 3.8) is 0 Å². The van der Waals surface area contributed by atoms with Crippen LogP contribution in [0, 0.1) is 0 Å². The Morgan fingerprint density at radius 3 is 3.06 bits per heavy atom. The molecule has 2 heterocycles. The lowest BCUT2D eigenvalue weighted by Crippen LogP contribution is -2.22. The van der Waals surface area contributed by atoms with E-state index in [2.05, 4.69) is 22.9 Å². The van der Waals surface area contributed by atoms with Crippen molar-refractivity contribution in [3.05, 3.63) is 29.9 Å². The van der Waals surface area contributed by atoms with Crippen LogP contribution in [0.25, 0.3) is 0 Å². The standard InChI is InChI=1S/C13H19N3O/c1-10-7-11(5-4-6-15(2)3)13(17)12-8-14-9-16(10)12/h5,8-10H,4,6-7H2,1-3H3/b11-5+. The van der Waals surface area contributed by atoms with E-state index < -0.39 is 0 Å². The number of hydrogen-bond donors (Lipinski definition) is 0. The second-order valence-corrected chi connectivity index (χ2v) is 4.89. The summed E-state index contributed by atoms with van der Waals surface area (Å²) in [5.74, 6) is 0.138. The number of fused-ring (bicyclic) bond motifs is 1. The van der Waals surface area contributed by atoms with Crippen LogP contribution in [0.3, 0.4) is 0 Å². The van der Waals surface area contributed by atoms with E-state index in [1.165, 1.54) is 0 Å². The molecular formula is C13H19N3O. The third kappa shape index (κ3) is 2.47. The van der Waals surface area contributed by atoms with Gasteiger partial charge in [0, 0.05) is 12.6 Å². The Bertz CT molecular complexity index is 445. The molecule has 0 bridgehead atoms. The SMILES string of the molecule is CC1C/C(=C\CCN(C)C)C(=O)c2cncn21. The largest absolute Gasteiger partial charge is 0.325 e. The van der Waals surface area contributed by atoms with Crippen molar-refractivity contribution in [2.24, 2.45) is 0 Å². The van der Waals surface area contributed by atoms with Gasteiger partial charge in [-0.05, 0) is 39.4 Å². The fourth-order valence-electron chi connectivity index (χ4n) is 2.18. The summed E-state index contributed by atoms with van der Waals surface area (Å²) < 4.78 is 1.96. The molecule has 92 valence electrons. The highest BCUT2D eigenvalue weighted by atomic mass is 16.1. The van der Waals surface area contributed by atoms with E-state index in [1.54, 1.807) is 12.5 Å². The molecule has 1 aromatic heterocycles. The van der Waals surface area contributed by atoms with Gasteiger partial charge >= 0.3 is 0 Å². The fourth-order valence-corrected chi connectivity index (χ4v) is 2.18. The normalized spacial score (nSPS) is 22.2. The molecule has 4 nitrogen and oxygen atoms in total. The molecule has 0 radical (unpaired) electrons. The van der Waals surface area contributed by atoms with Crippen molar-refractivity contribution in [2.75, 3.05) is 20.6 Å². The zero-order valence-corrected chi connectivity index (χ0v) is 10.7. The molecule has 0 saturated carbocycles. The number of rotatable bonds is 3. The quantitative estimate of drug-likeness (QED) is 0.748. The van der Waals surface area contributed by atoms with E-state index in [1.807, 2.05) is 18.7 Å². The molecule has 1 aromatic rings. The summed E-state index contributed by atoms with van der Waals surface area (Å²) in [5.41, 5.74) is 1.66. The second-order valence-electron chi connectivity index (χ2n) is 4.89. The van der Waals surface area contributed by atoms with Gasteiger partial charge in [-0.15, -0.1) is 0 Å². The predicted molar refractivity (Wildman–Crippen MR) is 67.1 cm³/mol. The summed E-state index contributed by atoms with van der Waals surface area (Å²) in [5, 5.41) is 0. The monoisotopic (exact) mass is 233 g/mol. The molecular weight excluding hydrogens is 214 g/mol. The van der Waals surface area contributed by atoms with E-state index in [-0.39, 0.29) is 5.78 Å². The minimum Gasteiger partial charge on any atom is -0.325 e. The second kappa shape index (κ2) is 4.84. The van der Waals surface area contributed by atoms with Gasteiger partial charge in [0.25, 0.3) is 0 Å². The first kappa shape index (κ1) is 12.0. The molecule has 0 fully saturated rings. The number of aromatic nitrogens is 2. The maximum atomic E-state index is 12.2. The minimum atomic E-state index is 0.138. The van der Waals surface area contributed by atoms with Gasteiger partial charge in [0.1, 0.15) is 5.69 Å². The van der Waals surface area contributed by atoms with Crippen molar-refractivity contribution in [2.45, 2.75) is 25.8 Å². The first-order valence-electron chi connectivity index (χ1n) is 6.00. The van der Waals surface area contributed by atoms with E-state index in [0.717, 1.165) is 30.7 Å². The van der Waals surface area contributed by atoms with Gasteiger partial charge in [0.2, 0.25) is 5.78 Å². The van der Waals surface area contributed by atoms with Crippen LogP contribution in [0.15, 0.2) is 24.2 Å². The van der Waals surface area contributed by atoms with Gasteiger partial charge in [0.15, 0.2) is 0 Å². The van der Waals surface area contributed by atoms with Crippen LogP contribution in [0.5, 0.6) is 0 Å². The Hall–Kier alpha value is -1.42. The van der Waals surface area contributed by atoms with Crippen molar-refractivity contribution >= 4 is 5.78 Å². The summed E-state index contributed by atoms with van der Waals surface area (Å²) in [6.45, 7) is 3.10. The summed E-state index contributed by atoms with van der Waals surface area (Å²) in [4.78, 5) is 18.3. The molecule has 0 aliphatic carbocycles. The molecule has 0 amide bonds. The Balaban J connectivity index is 2.15. The van der Waals surface area contributed by atoms with Crippen molar-refractivity contribution < 1.29 is 4.79 Å². The molecule has 1 aliphatic heterocycles. The topological polar surface area (TPSA) is 38.1 Å².